The van der Waals surface area contributed by atoms with E-state index in [-0.39, 0.29) is 29.5 Å². The lowest BCUT2D eigenvalue weighted by Crippen LogP contribution is -2.30. The second kappa shape index (κ2) is 8.08. The average molecular weight is 392 g/mol. The zero-order valence-corrected chi connectivity index (χ0v) is 15.4. The van der Waals surface area contributed by atoms with Crippen LogP contribution in [0.5, 0.6) is 0 Å². The van der Waals surface area contributed by atoms with Gasteiger partial charge in [0.05, 0.1) is 5.56 Å². The van der Waals surface area contributed by atoms with E-state index in [2.05, 4.69) is 10.6 Å². The maximum Gasteiger partial charge on any atom is 0.341 e. The van der Waals surface area contributed by atoms with Crippen molar-refractivity contribution in [3.8, 4) is 0 Å². The number of amides is 1. The largest absolute Gasteiger partial charge is 0.477 e. The third kappa shape index (κ3) is 4.55. The molecule has 0 aliphatic heterocycles. The number of aliphatic carboxylic acids is 1. The molecule has 2 atom stereocenters. The summed E-state index contributed by atoms with van der Waals surface area (Å²) in [6.07, 6.45) is 4.52. The van der Waals surface area contributed by atoms with Gasteiger partial charge in [0.15, 0.2) is 0 Å². The van der Waals surface area contributed by atoms with Crippen molar-refractivity contribution >= 4 is 17.7 Å². The number of carbonyl (C=O) groups is 3. The van der Waals surface area contributed by atoms with E-state index in [1.54, 1.807) is 0 Å². The fraction of sp³-hybridized carbons (Fsp3) is 0.450. The van der Waals surface area contributed by atoms with Crippen LogP contribution >= 0.6 is 0 Å². The van der Waals surface area contributed by atoms with Crippen LogP contribution in [0.25, 0.3) is 0 Å². The summed E-state index contributed by atoms with van der Waals surface area (Å²) in [5.41, 5.74) is -1.10. The molecule has 1 aromatic rings. The summed E-state index contributed by atoms with van der Waals surface area (Å²) >= 11 is 0. The van der Waals surface area contributed by atoms with Gasteiger partial charge in [0, 0.05) is 25.2 Å². The van der Waals surface area contributed by atoms with E-state index in [1.165, 1.54) is 6.92 Å². The Hall–Kier alpha value is -2.77. The van der Waals surface area contributed by atoms with Crippen molar-refractivity contribution in [3.05, 3.63) is 46.7 Å². The number of ketones is 1. The van der Waals surface area contributed by atoms with Crippen LogP contribution in [-0.4, -0.2) is 34.8 Å². The Bertz CT molecular complexity index is 849. The fourth-order valence-corrected chi connectivity index (χ4v) is 3.55. The second-order valence-corrected chi connectivity index (χ2v) is 7.39. The third-order valence-electron chi connectivity index (χ3n) is 5.13. The molecule has 0 aromatic heterocycles. The molecule has 0 heterocycles. The summed E-state index contributed by atoms with van der Waals surface area (Å²) in [6.45, 7) is 1.40. The van der Waals surface area contributed by atoms with E-state index in [1.807, 2.05) is 0 Å². The minimum atomic E-state index is -1.50. The Kier molecular flexibility index (Phi) is 5.76. The minimum absolute atomic E-state index is 0.0960. The van der Waals surface area contributed by atoms with Gasteiger partial charge >= 0.3 is 5.97 Å². The van der Waals surface area contributed by atoms with Gasteiger partial charge in [-0.2, -0.15) is 0 Å². The van der Waals surface area contributed by atoms with Crippen LogP contribution in [0.15, 0.2) is 23.9 Å². The fourth-order valence-electron chi connectivity index (χ4n) is 3.55. The highest BCUT2D eigenvalue weighted by Crippen LogP contribution is 2.36. The summed E-state index contributed by atoms with van der Waals surface area (Å²) in [7, 11) is 0. The van der Waals surface area contributed by atoms with Crippen molar-refractivity contribution < 1.29 is 28.3 Å². The van der Waals surface area contributed by atoms with Crippen molar-refractivity contribution in [1.29, 1.82) is 0 Å². The van der Waals surface area contributed by atoms with Crippen molar-refractivity contribution in [2.24, 2.45) is 0 Å². The first-order valence-electron chi connectivity index (χ1n) is 9.26. The summed E-state index contributed by atoms with van der Waals surface area (Å²) in [4.78, 5) is 35.0. The number of rotatable bonds is 7. The van der Waals surface area contributed by atoms with Gasteiger partial charge in [0.25, 0.3) is 0 Å². The summed E-state index contributed by atoms with van der Waals surface area (Å²) in [5, 5.41) is 14.8. The number of carboxylic acids is 1. The molecule has 0 radical (unpaired) electrons. The number of nitrogens with one attached hydrogen (secondary N) is 2. The number of hydrogen-bond acceptors (Lipinski definition) is 4. The van der Waals surface area contributed by atoms with Gasteiger partial charge in [-0.3, -0.25) is 9.59 Å². The quantitative estimate of drug-likeness (QED) is 0.287. The number of carbonyl (C=O) groups excluding carboxylic acids is 2. The smallest absolute Gasteiger partial charge is 0.341 e. The average Bonchev–Trinajstić information content (AvgIpc) is 3.33. The number of hydrogen-bond donors (Lipinski definition) is 3. The summed E-state index contributed by atoms with van der Waals surface area (Å²) in [5.74, 6) is -4.74. The third-order valence-corrected chi connectivity index (χ3v) is 5.13. The Morgan fingerprint density at radius 1 is 1.07 bits per heavy atom. The minimum Gasteiger partial charge on any atom is -0.477 e. The zero-order chi connectivity index (χ0) is 20.4. The molecule has 6 nitrogen and oxygen atoms in total. The van der Waals surface area contributed by atoms with Crippen LogP contribution < -0.4 is 10.6 Å². The molecule has 0 bridgehead atoms. The van der Waals surface area contributed by atoms with E-state index in [9.17, 15) is 28.3 Å². The van der Waals surface area contributed by atoms with E-state index in [4.69, 9.17) is 0 Å². The molecule has 1 amide bonds. The van der Waals surface area contributed by atoms with Gasteiger partial charge in [-0.15, -0.1) is 0 Å². The topological polar surface area (TPSA) is 95.5 Å². The number of Topliss-reactive ketones (excluding diaryl/α,β-unsaturated/α-hetero) is 1. The normalized spacial score (nSPS) is 22.0. The molecule has 0 saturated heterocycles. The molecular formula is C20H22F2N2O4. The molecule has 0 spiro atoms. The predicted octanol–water partition coefficient (Wildman–Crippen LogP) is 2.64. The standard InChI is InChI=1S/C20H22F2N2O4/c1-10(25)24-13-3-2-11(6-13)14-7-18(22)15(8-17(14)21)19(26)16(20(27)28)9-23-12-4-5-12/h7-9,11-13,23H,2-6H2,1H3,(H,24,25)(H,27,28). The van der Waals surface area contributed by atoms with Crippen LogP contribution in [0, 0.1) is 11.6 Å². The molecule has 2 saturated carbocycles. The van der Waals surface area contributed by atoms with Gasteiger partial charge in [-0.05, 0) is 55.7 Å². The van der Waals surface area contributed by atoms with Crippen molar-refractivity contribution in [2.45, 2.75) is 57.0 Å². The first-order chi connectivity index (χ1) is 13.3. The van der Waals surface area contributed by atoms with Crippen molar-refractivity contribution in [1.82, 2.24) is 10.6 Å². The first kappa shape index (κ1) is 20.0. The van der Waals surface area contributed by atoms with Crippen LogP contribution in [0.1, 0.15) is 60.9 Å². The van der Waals surface area contributed by atoms with Gasteiger partial charge in [0.1, 0.15) is 17.2 Å². The molecule has 3 N–H and O–H groups in total. The molecule has 2 aliphatic carbocycles. The molecule has 2 fully saturated rings. The van der Waals surface area contributed by atoms with E-state index >= 15 is 0 Å². The van der Waals surface area contributed by atoms with E-state index in [0.29, 0.717) is 19.3 Å². The molecule has 3 rings (SSSR count). The summed E-state index contributed by atoms with van der Waals surface area (Å²) < 4.78 is 29.2. The number of carboxylic acid groups (broad SMARTS) is 1. The zero-order valence-electron chi connectivity index (χ0n) is 15.4. The first-order valence-corrected chi connectivity index (χ1v) is 9.26. The van der Waals surface area contributed by atoms with E-state index < -0.39 is 34.5 Å². The molecule has 2 unspecified atom stereocenters. The maximum absolute atomic E-state index is 14.6. The second-order valence-electron chi connectivity index (χ2n) is 7.39. The Labute approximate surface area is 161 Å². The Balaban J connectivity index is 1.81. The van der Waals surface area contributed by atoms with Crippen molar-refractivity contribution in [3.63, 3.8) is 0 Å². The molecule has 1 aromatic carbocycles. The Morgan fingerprint density at radius 3 is 2.36 bits per heavy atom. The highest BCUT2D eigenvalue weighted by atomic mass is 19.1. The lowest BCUT2D eigenvalue weighted by Gasteiger charge is -2.15. The Morgan fingerprint density at radius 2 is 1.75 bits per heavy atom. The lowest BCUT2D eigenvalue weighted by molar-refractivity contribution is -0.132. The van der Waals surface area contributed by atoms with Crippen LogP contribution in [0.3, 0.4) is 0 Å². The maximum atomic E-state index is 14.6. The highest BCUT2D eigenvalue weighted by molar-refractivity contribution is 6.23. The monoisotopic (exact) mass is 392 g/mol. The number of halogens is 2. The number of benzene rings is 1. The summed E-state index contributed by atoms with van der Waals surface area (Å²) in [6, 6.07) is 1.76. The predicted molar refractivity (Wildman–Crippen MR) is 96.8 cm³/mol. The van der Waals surface area contributed by atoms with Crippen molar-refractivity contribution in [2.75, 3.05) is 0 Å². The molecule has 8 heteroatoms. The molecular weight excluding hydrogens is 370 g/mol. The lowest BCUT2D eigenvalue weighted by atomic mass is 9.93. The van der Waals surface area contributed by atoms with Gasteiger partial charge in [-0.1, -0.05) is 0 Å². The van der Waals surface area contributed by atoms with Crippen LogP contribution in [0.4, 0.5) is 8.78 Å². The van der Waals surface area contributed by atoms with Gasteiger partial charge in [-0.25, -0.2) is 13.6 Å². The van der Waals surface area contributed by atoms with Crippen LogP contribution in [0.2, 0.25) is 0 Å². The molecule has 2 aliphatic rings. The van der Waals surface area contributed by atoms with Crippen LogP contribution in [-0.2, 0) is 9.59 Å². The SMILES string of the molecule is CC(=O)NC1CCC(c2cc(F)c(C(=O)C(=CNC3CC3)C(=O)O)cc2F)C1. The molecule has 28 heavy (non-hydrogen) atoms. The van der Waals surface area contributed by atoms with Gasteiger partial charge in [0.2, 0.25) is 11.7 Å². The van der Waals surface area contributed by atoms with E-state index in [0.717, 1.165) is 31.2 Å². The van der Waals surface area contributed by atoms with Gasteiger partial charge < -0.3 is 15.7 Å². The molecule has 150 valence electrons. The highest BCUT2D eigenvalue weighted by Gasteiger charge is 2.31.